The molecule has 1 saturated heterocycles. The van der Waals surface area contributed by atoms with Crippen LogP contribution in [0.15, 0.2) is 0 Å². The summed E-state index contributed by atoms with van der Waals surface area (Å²) in [5, 5.41) is 12.3. The molecule has 2 fully saturated rings. The number of ether oxygens (including phenoxy) is 1. The van der Waals surface area contributed by atoms with Gasteiger partial charge in [-0.25, -0.2) is 0 Å². The Balaban J connectivity index is 1.95. The van der Waals surface area contributed by atoms with Gasteiger partial charge in [-0.2, -0.15) is 0 Å². The van der Waals surface area contributed by atoms with Gasteiger partial charge in [0.25, 0.3) is 0 Å². The van der Waals surface area contributed by atoms with E-state index in [0.717, 1.165) is 19.4 Å². The number of carbonyl (C=O) groups is 1. The van der Waals surface area contributed by atoms with Crippen molar-refractivity contribution < 1.29 is 14.6 Å². The third-order valence-electron chi connectivity index (χ3n) is 3.61. The SMILES string of the molecule is O=C(C1COCCN1)N(CCO)C1CCCC1. The summed E-state index contributed by atoms with van der Waals surface area (Å²) < 4.78 is 5.32. The van der Waals surface area contributed by atoms with Gasteiger partial charge in [-0.15, -0.1) is 0 Å². The molecule has 0 aromatic heterocycles. The predicted molar refractivity (Wildman–Crippen MR) is 63.7 cm³/mol. The molecule has 0 radical (unpaired) electrons. The normalized spacial score (nSPS) is 26.1. The molecule has 0 aromatic carbocycles. The Bertz CT molecular complexity index is 248. The lowest BCUT2D eigenvalue weighted by molar-refractivity contribution is -0.139. The van der Waals surface area contributed by atoms with E-state index in [1.54, 1.807) is 0 Å². The Morgan fingerprint density at radius 3 is 2.76 bits per heavy atom. The molecule has 98 valence electrons. The van der Waals surface area contributed by atoms with Crippen molar-refractivity contribution in [1.29, 1.82) is 0 Å². The van der Waals surface area contributed by atoms with E-state index >= 15 is 0 Å². The molecule has 0 aromatic rings. The van der Waals surface area contributed by atoms with Crippen LogP contribution in [0.1, 0.15) is 25.7 Å². The van der Waals surface area contributed by atoms with Crippen molar-refractivity contribution in [1.82, 2.24) is 10.2 Å². The number of morpholine rings is 1. The number of rotatable bonds is 4. The number of hydrogen-bond donors (Lipinski definition) is 2. The number of aliphatic hydroxyl groups is 1. The van der Waals surface area contributed by atoms with Crippen molar-refractivity contribution in [2.45, 2.75) is 37.8 Å². The second-order valence-corrected chi connectivity index (χ2v) is 4.78. The molecule has 1 aliphatic carbocycles. The maximum atomic E-state index is 12.3. The minimum absolute atomic E-state index is 0.0375. The molecule has 1 atom stereocenters. The van der Waals surface area contributed by atoms with Gasteiger partial charge in [0.1, 0.15) is 6.04 Å². The Labute approximate surface area is 102 Å². The molecule has 0 spiro atoms. The van der Waals surface area contributed by atoms with Crippen LogP contribution in [0.3, 0.4) is 0 Å². The maximum Gasteiger partial charge on any atom is 0.242 e. The lowest BCUT2D eigenvalue weighted by Crippen LogP contribution is -2.55. The third kappa shape index (κ3) is 3.18. The standard InChI is InChI=1S/C12H22N2O3/c15-7-6-14(10-3-1-2-4-10)12(16)11-9-17-8-5-13-11/h10-11,13,15H,1-9H2. The van der Waals surface area contributed by atoms with Crippen LogP contribution in [-0.2, 0) is 9.53 Å². The van der Waals surface area contributed by atoms with E-state index in [0.29, 0.717) is 25.8 Å². The van der Waals surface area contributed by atoms with Crippen LogP contribution in [0.25, 0.3) is 0 Å². The van der Waals surface area contributed by atoms with Gasteiger partial charge >= 0.3 is 0 Å². The van der Waals surface area contributed by atoms with Crippen LogP contribution >= 0.6 is 0 Å². The molecule has 1 aliphatic heterocycles. The van der Waals surface area contributed by atoms with Gasteiger partial charge < -0.3 is 20.1 Å². The zero-order valence-electron chi connectivity index (χ0n) is 10.2. The zero-order valence-corrected chi connectivity index (χ0v) is 10.2. The first-order valence-corrected chi connectivity index (χ1v) is 6.55. The van der Waals surface area contributed by atoms with Gasteiger partial charge in [-0.1, -0.05) is 12.8 Å². The van der Waals surface area contributed by atoms with Gasteiger partial charge in [-0.3, -0.25) is 4.79 Å². The van der Waals surface area contributed by atoms with E-state index in [4.69, 9.17) is 9.84 Å². The highest BCUT2D eigenvalue weighted by atomic mass is 16.5. The topological polar surface area (TPSA) is 61.8 Å². The van der Waals surface area contributed by atoms with Crippen LogP contribution in [0.2, 0.25) is 0 Å². The van der Waals surface area contributed by atoms with Crippen molar-refractivity contribution in [3.63, 3.8) is 0 Å². The number of nitrogens with zero attached hydrogens (tertiary/aromatic N) is 1. The maximum absolute atomic E-state index is 12.3. The van der Waals surface area contributed by atoms with Crippen LogP contribution in [-0.4, -0.2) is 60.9 Å². The molecule has 1 saturated carbocycles. The first kappa shape index (κ1) is 12.8. The molecule has 1 amide bonds. The van der Waals surface area contributed by atoms with E-state index < -0.39 is 0 Å². The highest BCUT2D eigenvalue weighted by Gasteiger charge is 2.31. The van der Waals surface area contributed by atoms with Crippen molar-refractivity contribution in [3.05, 3.63) is 0 Å². The molecule has 1 heterocycles. The summed E-state index contributed by atoms with van der Waals surface area (Å²) >= 11 is 0. The van der Waals surface area contributed by atoms with Crippen molar-refractivity contribution in [2.24, 2.45) is 0 Å². The summed E-state index contributed by atoms with van der Waals surface area (Å²) in [6.45, 7) is 2.34. The Morgan fingerprint density at radius 1 is 1.41 bits per heavy atom. The number of hydrogen-bond acceptors (Lipinski definition) is 4. The summed E-state index contributed by atoms with van der Waals surface area (Å²) in [7, 11) is 0. The minimum Gasteiger partial charge on any atom is -0.395 e. The fourth-order valence-electron chi connectivity index (χ4n) is 2.72. The number of carbonyl (C=O) groups excluding carboxylic acids is 1. The summed E-state index contributed by atoms with van der Waals surface area (Å²) in [4.78, 5) is 14.2. The average molecular weight is 242 g/mol. The van der Waals surface area contributed by atoms with E-state index in [1.165, 1.54) is 12.8 Å². The first-order chi connectivity index (χ1) is 8.33. The molecule has 5 nitrogen and oxygen atoms in total. The Hall–Kier alpha value is -0.650. The second kappa shape index (κ2) is 6.33. The van der Waals surface area contributed by atoms with Crippen LogP contribution < -0.4 is 5.32 Å². The van der Waals surface area contributed by atoms with Gasteiger partial charge in [0.05, 0.1) is 19.8 Å². The molecule has 2 N–H and O–H groups in total. The molecule has 2 aliphatic rings. The summed E-state index contributed by atoms with van der Waals surface area (Å²) in [6.07, 6.45) is 4.52. The van der Waals surface area contributed by atoms with E-state index in [1.807, 2.05) is 4.90 Å². The van der Waals surface area contributed by atoms with E-state index in [9.17, 15) is 4.79 Å². The Morgan fingerprint density at radius 2 is 2.18 bits per heavy atom. The van der Waals surface area contributed by atoms with Crippen molar-refractivity contribution >= 4 is 5.91 Å². The predicted octanol–water partition coefficient (Wildman–Crippen LogP) is -0.262. The number of aliphatic hydroxyl groups excluding tert-OH is 1. The average Bonchev–Trinajstić information content (AvgIpc) is 2.90. The zero-order chi connectivity index (χ0) is 12.1. The molecular weight excluding hydrogens is 220 g/mol. The summed E-state index contributed by atoms with van der Waals surface area (Å²) in [6, 6.07) is 0.0919. The molecule has 0 bridgehead atoms. The van der Waals surface area contributed by atoms with Crippen LogP contribution in [0.4, 0.5) is 0 Å². The van der Waals surface area contributed by atoms with Gasteiger partial charge in [0, 0.05) is 19.1 Å². The fraction of sp³-hybridized carbons (Fsp3) is 0.917. The largest absolute Gasteiger partial charge is 0.395 e. The van der Waals surface area contributed by atoms with E-state index in [-0.39, 0.29) is 18.6 Å². The van der Waals surface area contributed by atoms with Gasteiger partial charge in [0.2, 0.25) is 5.91 Å². The Kier molecular flexibility index (Phi) is 4.76. The highest BCUT2D eigenvalue weighted by Crippen LogP contribution is 2.24. The smallest absolute Gasteiger partial charge is 0.242 e. The molecule has 17 heavy (non-hydrogen) atoms. The highest BCUT2D eigenvalue weighted by molar-refractivity contribution is 5.82. The monoisotopic (exact) mass is 242 g/mol. The lowest BCUT2D eigenvalue weighted by Gasteiger charge is -2.33. The van der Waals surface area contributed by atoms with E-state index in [2.05, 4.69) is 5.32 Å². The minimum atomic E-state index is -0.226. The molecule has 2 rings (SSSR count). The number of nitrogens with one attached hydrogen (secondary N) is 1. The first-order valence-electron chi connectivity index (χ1n) is 6.55. The summed E-state index contributed by atoms with van der Waals surface area (Å²) in [5.74, 6) is 0.0886. The molecular formula is C12H22N2O3. The fourth-order valence-corrected chi connectivity index (χ4v) is 2.72. The number of amides is 1. The van der Waals surface area contributed by atoms with Gasteiger partial charge in [-0.05, 0) is 12.8 Å². The molecule has 1 unspecified atom stereocenters. The van der Waals surface area contributed by atoms with Crippen LogP contribution in [0.5, 0.6) is 0 Å². The van der Waals surface area contributed by atoms with Crippen LogP contribution in [0, 0.1) is 0 Å². The second-order valence-electron chi connectivity index (χ2n) is 4.78. The van der Waals surface area contributed by atoms with Crippen molar-refractivity contribution in [2.75, 3.05) is 32.9 Å². The van der Waals surface area contributed by atoms with Crippen molar-refractivity contribution in [3.8, 4) is 0 Å². The lowest BCUT2D eigenvalue weighted by atomic mass is 10.1. The quantitative estimate of drug-likeness (QED) is 0.713. The third-order valence-corrected chi connectivity index (χ3v) is 3.61. The summed E-state index contributed by atoms with van der Waals surface area (Å²) in [5.41, 5.74) is 0. The molecule has 5 heteroatoms. The van der Waals surface area contributed by atoms with Gasteiger partial charge in [0.15, 0.2) is 0 Å².